The van der Waals surface area contributed by atoms with Gasteiger partial charge < -0.3 is 18.8 Å². The van der Waals surface area contributed by atoms with E-state index in [0.717, 1.165) is 16.5 Å². The van der Waals surface area contributed by atoms with Crippen LogP contribution >= 0.6 is 0 Å². The number of hydrogen-bond acceptors (Lipinski definition) is 5. The van der Waals surface area contributed by atoms with E-state index in [0.29, 0.717) is 24.4 Å². The lowest BCUT2D eigenvalue weighted by Crippen LogP contribution is -2.49. The van der Waals surface area contributed by atoms with Gasteiger partial charge in [-0.25, -0.2) is 4.79 Å². The van der Waals surface area contributed by atoms with Gasteiger partial charge in [0.2, 0.25) is 0 Å². The highest BCUT2D eigenvalue weighted by Crippen LogP contribution is 2.29. The molecule has 1 saturated heterocycles. The quantitative estimate of drug-likeness (QED) is 0.635. The Kier molecular flexibility index (Phi) is 5.36. The van der Waals surface area contributed by atoms with Gasteiger partial charge in [-0.05, 0) is 37.1 Å². The van der Waals surface area contributed by atoms with E-state index in [9.17, 15) is 9.59 Å². The van der Waals surface area contributed by atoms with E-state index in [1.807, 2.05) is 50.2 Å². The van der Waals surface area contributed by atoms with E-state index in [1.54, 1.807) is 17.0 Å². The molecule has 0 aliphatic carbocycles. The highest BCUT2D eigenvalue weighted by Gasteiger charge is 2.26. The molecule has 4 rings (SSSR count). The Hall–Kier alpha value is -3.12. The van der Waals surface area contributed by atoms with Crippen LogP contribution in [-0.4, -0.2) is 42.7 Å². The van der Waals surface area contributed by atoms with Crippen LogP contribution in [0.4, 0.5) is 0 Å². The number of fused-ring (bicyclic) bond motifs is 1. The summed E-state index contributed by atoms with van der Waals surface area (Å²) in [5.41, 5.74) is 1.73. The summed E-state index contributed by atoms with van der Waals surface area (Å²) in [4.78, 5) is 26.3. The molecule has 1 amide bonds. The molecule has 0 spiro atoms. The van der Waals surface area contributed by atoms with Crippen LogP contribution in [-0.2, 0) is 9.53 Å². The number of rotatable bonds is 4. The smallest absolute Gasteiger partial charge is 0.336 e. The zero-order chi connectivity index (χ0) is 20.4. The zero-order valence-electron chi connectivity index (χ0n) is 16.5. The minimum Gasteiger partial charge on any atom is -0.484 e. The number of benzene rings is 2. The van der Waals surface area contributed by atoms with Crippen molar-refractivity contribution in [3.05, 3.63) is 65.0 Å². The second-order valence-corrected chi connectivity index (χ2v) is 7.35. The van der Waals surface area contributed by atoms with Crippen molar-refractivity contribution in [3.63, 3.8) is 0 Å². The van der Waals surface area contributed by atoms with E-state index in [1.165, 1.54) is 6.07 Å². The van der Waals surface area contributed by atoms with Crippen LogP contribution in [0.5, 0.6) is 5.75 Å². The maximum atomic E-state index is 12.5. The van der Waals surface area contributed by atoms with Crippen molar-refractivity contribution in [1.82, 2.24) is 4.90 Å². The molecule has 2 unspecified atom stereocenters. The van der Waals surface area contributed by atoms with Crippen LogP contribution in [0.25, 0.3) is 22.1 Å². The number of carbonyl (C=O) groups excluding carboxylic acids is 1. The maximum Gasteiger partial charge on any atom is 0.336 e. The Morgan fingerprint density at radius 1 is 1.07 bits per heavy atom. The Bertz CT molecular complexity index is 1070. The molecular formula is C23H23NO5. The second kappa shape index (κ2) is 8.09. The molecule has 1 aliphatic heterocycles. The van der Waals surface area contributed by atoms with E-state index in [2.05, 4.69) is 0 Å². The predicted molar refractivity (Wildman–Crippen MR) is 110 cm³/mol. The molecule has 150 valence electrons. The SMILES string of the molecule is CC1CN(C(=O)COc2ccc3c(-c4ccccc4)cc(=O)oc3c2)CC(C)O1. The molecule has 1 aromatic heterocycles. The van der Waals surface area contributed by atoms with E-state index >= 15 is 0 Å². The molecule has 1 aliphatic rings. The fourth-order valence-corrected chi connectivity index (χ4v) is 3.71. The van der Waals surface area contributed by atoms with Gasteiger partial charge in [0.25, 0.3) is 5.91 Å². The summed E-state index contributed by atoms with van der Waals surface area (Å²) in [5.74, 6) is 0.389. The normalized spacial score (nSPS) is 19.3. The van der Waals surface area contributed by atoms with E-state index in [-0.39, 0.29) is 24.7 Å². The van der Waals surface area contributed by atoms with Crippen molar-refractivity contribution < 1.29 is 18.7 Å². The Morgan fingerprint density at radius 2 is 1.79 bits per heavy atom. The van der Waals surface area contributed by atoms with Gasteiger partial charge in [0.05, 0.1) is 12.2 Å². The third-order valence-electron chi connectivity index (χ3n) is 4.94. The third-order valence-corrected chi connectivity index (χ3v) is 4.94. The van der Waals surface area contributed by atoms with Crippen molar-refractivity contribution >= 4 is 16.9 Å². The first kappa shape index (κ1) is 19.2. The van der Waals surface area contributed by atoms with Crippen molar-refractivity contribution in [2.45, 2.75) is 26.1 Å². The molecular weight excluding hydrogens is 370 g/mol. The van der Waals surface area contributed by atoms with Gasteiger partial charge in [-0.1, -0.05) is 30.3 Å². The summed E-state index contributed by atoms with van der Waals surface area (Å²) in [6.45, 7) is 4.94. The Morgan fingerprint density at radius 3 is 2.52 bits per heavy atom. The van der Waals surface area contributed by atoms with Crippen molar-refractivity contribution in [2.24, 2.45) is 0 Å². The third kappa shape index (κ3) is 4.32. The average molecular weight is 393 g/mol. The van der Waals surface area contributed by atoms with Gasteiger partial charge in [0.15, 0.2) is 6.61 Å². The van der Waals surface area contributed by atoms with Crippen molar-refractivity contribution in [3.8, 4) is 16.9 Å². The van der Waals surface area contributed by atoms with E-state index < -0.39 is 5.63 Å². The lowest BCUT2D eigenvalue weighted by atomic mass is 10.0. The standard InChI is InChI=1S/C23H23NO5/c1-15-12-24(13-16(2)28-15)22(25)14-27-18-8-9-19-20(17-6-4-3-5-7-17)11-23(26)29-21(19)10-18/h3-11,15-16H,12-14H2,1-2H3. The van der Waals surface area contributed by atoms with Gasteiger partial charge in [-0.2, -0.15) is 0 Å². The fraction of sp³-hybridized carbons (Fsp3) is 0.304. The molecule has 1 fully saturated rings. The lowest BCUT2D eigenvalue weighted by Gasteiger charge is -2.35. The molecule has 3 aromatic rings. The van der Waals surface area contributed by atoms with Gasteiger partial charge in [0, 0.05) is 30.6 Å². The molecule has 2 aromatic carbocycles. The summed E-state index contributed by atoms with van der Waals surface area (Å²) in [5, 5.41) is 0.810. The summed E-state index contributed by atoms with van der Waals surface area (Å²) in [7, 11) is 0. The molecule has 0 bridgehead atoms. The second-order valence-electron chi connectivity index (χ2n) is 7.35. The topological polar surface area (TPSA) is 69.0 Å². The summed E-state index contributed by atoms with van der Waals surface area (Å²) in [6.07, 6.45) is 0.0168. The van der Waals surface area contributed by atoms with Crippen LogP contribution in [0.2, 0.25) is 0 Å². The summed E-state index contributed by atoms with van der Waals surface area (Å²) in [6, 6.07) is 16.4. The van der Waals surface area contributed by atoms with Crippen LogP contribution in [0.15, 0.2) is 63.8 Å². The van der Waals surface area contributed by atoms with Crippen LogP contribution in [0, 0.1) is 0 Å². The fourth-order valence-electron chi connectivity index (χ4n) is 3.71. The summed E-state index contributed by atoms with van der Waals surface area (Å²) < 4.78 is 16.7. The number of amides is 1. The first-order valence-corrected chi connectivity index (χ1v) is 9.69. The average Bonchev–Trinajstić information content (AvgIpc) is 2.71. The lowest BCUT2D eigenvalue weighted by molar-refractivity contribution is -0.145. The van der Waals surface area contributed by atoms with Crippen LogP contribution < -0.4 is 10.4 Å². The molecule has 6 nitrogen and oxygen atoms in total. The first-order chi connectivity index (χ1) is 14.0. The molecule has 0 saturated carbocycles. The van der Waals surface area contributed by atoms with Crippen LogP contribution in [0.3, 0.4) is 0 Å². The molecule has 29 heavy (non-hydrogen) atoms. The number of nitrogens with zero attached hydrogens (tertiary/aromatic N) is 1. The van der Waals surface area contributed by atoms with Gasteiger partial charge in [-0.15, -0.1) is 0 Å². The monoisotopic (exact) mass is 393 g/mol. The number of hydrogen-bond donors (Lipinski definition) is 0. The maximum absolute atomic E-state index is 12.5. The minimum absolute atomic E-state index is 0.00838. The predicted octanol–water partition coefficient (Wildman–Crippen LogP) is 3.47. The minimum atomic E-state index is -0.430. The van der Waals surface area contributed by atoms with Crippen LogP contribution in [0.1, 0.15) is 13.8 Å². The summed E-state index contributed by atoms with van der Waals surface area (Å²) >= 11 is 0. The van der Waals surface area contributed by atoms with Gasteiger partial charge in [-0.3, -0.25) is 4.79 Å². The molecule has 0 N–H and O–H groups in total. The van der Waals surface area contributed by atoms with Crippen molar-refractivity contribution in [1.29, 1.82) is 0 Å². The zero-order valence-corrected chi connectivity index (χ0v) is 16.5. The molecule has 0 radical (unpaired) electrons. The first-order valence-electron chi connectivity index (χ1n) is 9.69. The molecule has 2 heterocycles. The molecule has 6 heteroatoms. The van der Waals surface area contributed by atoms with Gasteiger partial charge in [0.1, 0.15) is 11.3 Å². The Balaban J connectivity index is 1.54. The largest absolute Gasteiger partial charge is 0.484 e. The Labute approximate surface area is 168 Å². The highest BCUT2D eigenvalue weighted by molar-refractivity contribution is 5.93. The number of carbonyl (C=O) groups is 1. The molecule has 2 atom stereocenters. The van der Waals surface area contributed by atoms with Gasteiger partial charge >= 0.3 is 5.63 Å². The number of ether oxygens (including phenoxy) is 2. The van der Waals surface area contributed by atoms with E-state index in [4.69, 9.17) is 13.9 Å². The van der Waals surface area contributed by atoms with Crippen molar-refractivity contribution in [2.75, 3.05) is 19.7 Å². The number of morpholine rings is 1. The highest BCUT2D eigenvalue weighted by atomic mass is 16.5.